The Balaban J connectivity index is 1.66. The van der Waals surface area contributed by atoms with E-state index in [0.29, 0.717) is 36.9 Å². The third kappa shape index (κ3) is 3.89. The molecule has 2 aliphatic rings. The summed E-state index contributed by atoms with van der Waals surface area (Å²) in [4.78, 5) is 38.1. The van der Waals surface area contributed by atoms with Crippen molar-refractivity contribution in [3.8, 4) is 0 Å². The van der Waals surface area contributed by atoms with Gasteiger partial charge in [-0.1, -0.05) is 6.07 Å². The third-order valence-corrected chi connectivity index (χ3v) is 5.66. The average molecular weight is 358 g/mol. The molecule has 6 nitrogen and oxygen atoms in total. The van der Waals surface area contributed by atoms with Crippen LogP contribution in [0.2, 0.25) is 0 Å². The Morgan fingerprint density at radius 1 is 1.04 bits per heavy atom. The van der Waals surface area contributed by atoms with Crippen molar-refractivity contribution in [2.24, 2.45) is 11.8 Å². The number of likely N-dealkylation sites (tertiary alicyclic amines) is 1. The van der Waals surface area contributed by atoms with Crippen LogP contribution in [0.4, 0.5) is 5.69 Å². The van der Waals surface area contributed by atoms with E-state index >= 15 is 0 Å². The molecule has 0 bridgehead atoms. The number of benzene rings is 1. The first-order valence-corrected chi connectivity index (χ1v) is 9.40. The summed E-state index contributed by atoms with van der Waals surface area (Å²) >= 11 is 0. The summed E-state index contributed by atoms with van der Waals surface area (Å²) in [6, 6.07) is 5.42. The number of carbonyl (C=O) groups is 3. The van der Waals surface area contributed by atoms with E-state index in [9.17, 15) is 14.4 Å². The lowest BCUT2D eigenvalue weighted by Gasteiger charge is -2.25. The summed E-state index contributed by atoms with van der Waals surface area (Å²) in [7, 11) is 0. The Hall–Kier alpha value is -2.37. The van der Waals surface area contributed by atoms with Gasteiger partial charge in [0.15, 0.2) is 0 Å². The quantitative estimate of drug-likeness (QED) is 0.866. The second-order valence-corrected chi connectivity index (χ2v) is 7.35. The summed E-state index contributed by atoms with van der Waals surface area (Å²) in [5.74, 6) is -1.32. The summed E-state index contributed by atoms with van der Waals surface area (Å²) < 4.78 is 0. The first-order valence-electron chi connectivity index (χ1n) is 9.40. The van der Waals surface area contributed by atoms with Crippen LogP contribution in [0, 0.1) is 18.8 Å². The maximum Gasteiger partial charge on any atom is 0.306 e. The molecule has 0 spiro atoms. The van der Waals surface area contributed by atoms with Crippen molar-refractivity contribution in [1.82, 2.24) is 4.90 Å². The number of nitrogens with zero attached hydrogens (tertiary/aromatic N) is 1. The topological polar surface area (TPSA) is 86.7 Å². The van der Waals surface area contributed by atoms with E-state index in [4.69, 9.17) is 5.11 Å². The molecule has 2 N–H and O–H groups in total. The number of nitrogens with one attached hydrogen (secondary N) is 1. The largest absolute Gasteiger partial charge is 0.481 e. The first-order chi connectivity index (χ1) is 12.5. The molecule has 0 unspecified atom stereocenters. The van der Waals surface area contributed by atoms with Gasteiger partial charge in [-0.05, 0) is 63.1 Å². The zero-order valence-corrected chi connectivity index (χ0v) is 15.2. The van der Waals surface area contributed by atoms with E-state index in [1.807, 2.05) is 24.0 Å². The highest BCUT2D eigenvalue weighted by molar-refractivity contribution is 6.00. The van der Waals surface area contributed by atoms with Gasteiger partial charge in [0.1, 0.15) is 0 Å². The average Bonchev–Trinajstić information content (AvgIpc) is 3.17. The fourth-order valence-electron chi connectivity index (χ4n) is 3.93. The number of carboxylic acids is 1. The summed E-state index contributed by atoms with van der Waals surface area (Å²) in [6.07, 6.45) is 4.35. The Kier molecular flexibility index (Phi) is 5.59. The zero-order chi connectivity index (χ0) is 18.7. The Bertz CT molecular complexity index is 702. The summed E-state index contributed by atoms with van der Waals surface area (Å²) in [5.41, 5.74) is 2.09. The molecule has 0 atom stereocenters. The van der Waals surface area contributed by atoms with Gasteiger partial charge in [-0.2, -0.15) is 0 Å². The highest BCUT2D eigenvalue weighted by Gasteiger charge is 2.30. The summed E-state index contributed by atoms with van der Waals surface area (Å²) in [5, 5.41) is 12.0. The molecule has 1 aliphatic heterocycles. The molecule has 1 aromatic rings. The lowest BCUT2D eigenvalue weighted by atomic mass is 9.81. The van der Waals surface area contributed by atoms with E-state index in [-0.39, 0.29) is 23.7 Å². The van der Waals surface area contributed by atoms with Gasteiger partial charge in [0.2, 0.25) is 5.91 Å². The Morgan fingerprint density at radius 3 is 2.27 bits per heavy atom. The third-order valence-electron chi connectivity index (χ3n) is 5.66. The molecule has 1 saturated heterocycles. The Labute approximate surface area is 153 Å². The van der Waals surface area contributed by atoms with Crippen molar-refractivity contribution in [1.29, 1.82) is 0 Å². The minimum absolute atomic E-state index is 0.0260. The van der Waals surface area contributed by atoms with E-state index in [1.165, 1.54) is 0 Å². The minimum Gasteiger partial charge on any atom is -0.481 e. The van der Waals surface area contributed by atoms with Gasteiger partial charge in [0, 0.05) is 30.3 Å². The van der Waals surface area contributed by atoms with Crippen LogP contribution in [0.1, 0.15) is 54.4 Å². The van der Waals surface area contributed by atoms with Crippen molar-refractivity contribution >= 4 is 23.5 Å². The molecule has 1 heterocycles. The standard InChI is InChI=1S/C20H26N2O4/c1-13-16(19(24)22-11-2-3-12-22)5-4-6-17(13)21-18(23)14-7-9-15(10-8-14)20(25)26/h4-6,14-15H,2-3,7-12H2,1H3,(H,21,23)(H,25,26). The number of amides is 2. The second-order valence-electron chi connectivity index (χ2n) is 7.35. The number of carboxylic acid groups (broad SMARTS) is 1. The molecular formula is C20H26N2O4. The van der Waals surface area contributed by atoms with Gasteiger partial charge in [-0.25, -0.2) is 0 Å². The zero-order valence-electron chi connectivity index (χ0n) is 15.2. The van der Waals surface area contributed by atoms with Crippen molar-refractivity contribution in [2.45, 2.75) is 45.4 Å². The lowest BCUT2D eigenvalue weighted by molar-refractivity contribution is -0.143. The van der Waals surface area contributed by atoms with Crippen LogP contribution in [0.5, 0.6) is 0 Å². The van der Waals surface area contributed by atoms with Gasteiger partial charge in [-0.15, -0.1) is 0 Å². The molecule has 2 amide bonds. The van der Waals surface area contributed by atoms with Crippen LogP contribution >= 0.6 is 0 Å². The normalized spacial score (nSPS) is 22.9. The maximum atomic E-state index is 12.7. The van der Waals surface area contributed by atoms with Crippen LogP contribution in [-0.4, -0.2) is 40.9 Å². The fraction of sp³-hybridized carbons (Fsp3) is 0.550. The number of hydrogen-bond acceptors (Lipinski definition) is 3. The molecular weight excluding hydrogens is 332 g/mol. The van der Waals surface area contributed by atoms with Crippen LogP contribution in [-0.2, 0) is 9.59 Å². The fourth-order valence-corrected chi connectivity index (χ4v) is 3.93. The van der Waals surface area contributed by atoms with Crippen molar-refractivity contribution in [3.63, 3.8) is 0 Å². The van der Waals surface area contributed by atoms with Gasteiger partial charge >= 0.3 is 5.97 Å². The molecule has 26 heavy (non-hydrogen) atoms. The Morgan fingerprint density at radius 2 is 1.65 bits per heavy atom. The van der Waals surface area contributed by atoms with Crippen LogP contribution in [0.3, 0.4) is 0 Å². The molecule has 6 heteroatoms. The van der Waals surface area contributed by atoms with Gasteiger partial charge in [-0.3, -0.25) is 14.4 Å². The van der Waals surface area contributed by atoms with Crippen LogP contribution < -0.4 is 5.32 Å². The summed E-state index contributed by atoms with van der Waals surface area (Å²) in [6.45, 7) is 3.45. The smallest absolute Gasteiger partial charge is 0.306 e. The SMILES string of the molecule is Cc1c(NC(=O)C2CCC(C(=O)O)CC2)cccc1C(=O)N1CCCC1. The molecule has 0 aromatic heterocycles. The molecule has 2 fully saturated rings. The van der Waals surface area contributed by atoms with E-state index in [0.717, 1.165) is 31.5 Å². The highest BCUT2D eigenvalue weighted by Crippen LogP contribution is 2.30. The van der Waals surface area contributed by atoms with E-state index in [2.05, 4.69) is 5.32 Å². The molecule has 1 aromatic carbocycles. The second kappa shape index (κ2) is 7.89. The predicted octanol–water partition coefficient (Wildman–Crippen LogP) is 3.06. The van der Waals surface area contributed by atoms with Crippen molar-refractivity contribution < 1.29 is 19.5 Å². The molecule has 140 valence electrons. The van der Waals surface area contributed by atoms with Gasteiger partial charge in [0.05, 0.1) is 5.92 Å². The van der Waals surface area contributed by atoms with Gasteiger partial charge < -0.3 is 15.3 Å². The number of rotatable bonds is 4. The first kappa shape index (κ1) is 18.4. The van der Waals surface area contributed by atoms with E-state index in [1.54, 1.807) is 6.07 Å². The number of hydrogen-bond donors (Lipinski definition) is 2. The van der Waals surface area contributed by atoms with E-state index < -0.39 is 5.97 Å². The van der Waals surface area contributed by atoms with Crippen LogP contribution in [0.15, 0.2) is 18.2 Å². The van der Waals surface area contributed by atoms with Crippen LogP contribution in [0.25, 0.3) is 0 Å². The number of carbonyl (C=O) groups excluding carboxylic acids is 2. The number of aliphatic carboxylic acids is 1. The monoisotopic (exact) mass is 358 g/mol. The maximum absolute atomic E-state index is 12.7. The molecule has 1 saturated carbocycles. The number of anilines is 1. The lowest BCUT2D eigenvalue weighted by Crippen LogP contribution is -2.30. The van der Waals surface area contributed by atoms with Crippen molar-refractivity contribution in [2.75, 3.05) is 18.4 Å². The predicted molar refractivity (Wildman–Crippen MR) is 98.0 cm³/mol. The van der Waals surface area contributed by atoms with Gasteiger partial charge in [0.25, 0.3) is 5.91 Å². The highest BCUT2D eigenvalue weighted by atomic mass is 16.4. The van der Waals surface area contributed by atoms with Crippen molar-refractivity contribution in [3.05, 3.63) is 29.3 Å². The minimum atomic E-state index is -0.771. The molecule has 0 radical (unpaired) electrons. The molecule has 1 aliphatic carbocycles. The molecule has 3 rings (SSSR count).